The van der Waals surface area contributed by atoms with Crippen molar-refractivity contribution in [1.29, 1.82) is 10.8 Å². The number of nitrogens with one attached hydrogen (secondary N) is 4. The summed E-state index contributed by atoms with van der Waals surface area (Å²) in [7, 11) is 0. The molecule has 0 aromatic heterocycles. The molecule has 0 rings (SSSR count). The number of rotatable bonds is 6. The fourth-order valence-electron chi connectivity index (χ4n) is 1.17. The van der Waals surface area contributed by atoms with Crippen molar-refractivity contribution in [1.82, 2.24) is 10.6 Å². The minimum atomic E-state index is 0.230. The molecule has 0 atom stereocenters. The van der Waals surface area contributed by atoms with E-state index < -0.39 is 0 Å². The van der Waals surface area contributed by atoms with Gasteiger partial charge >= 0.3 is 0 Å². The molecule has 0 amide bonds. The molecule has 0 fully saturated rings. The summed E-state index contributed by atoms with van der Waals surface area (Å²) in [6.45, 7) is 4.64. The molecule has 0 aromatic carbocycles. The van der Waals surface area contributed by atoms with Crippen molar-refractivity contribution in [2.75, 3.05) is 6.54 Å². The summed E-state index contributed by atoms with van der Waals surface area (Å²) in [6.07, 6.45) is 6.16. The lowest BCUT2D eigenvalue weighted by Crippen LogP contribution is -2.39. The molecule has 0 aliphatic carbocycles. The Balaban J connectivity index is 3.19. The van der Waals surface area contributed by atoms with Gasteiger partial charge < -0.3 is 10.6 Å². The van der Waals surface area contributed by atoms with Gasteiger partial charge in [-0.25, -0.2) is 0 Å². The standard InChI is InChI=1S/C10H22N4/c1-3-4-5-6-7-8-13-10(12)14-9(2)11/h3-8H2,1-2H3,(H4,11,12,13,14). The summed E-state index contributed by atoms with van der Waals surface area (Å²) in [5.74, 6) is 0.529. The van der Waals surface area contributed by atoms with E-state index in [4.69, 9.17) is 10.8 Å². The van der Waals surface area contributed by atoms with Crippen LogP contribution in [0.1, 0.15) is 46.0 Å². The van der Waals surface area contributed by atoms with Gasteiger partial charge in [-0.2, -0.15) is 0 Å². The van der Waals surface area contributed by atoms with Gasteiger partial charge in [0.1, 0.15) is 0 Å². The highest BCUT2D eigenvalue weighted by Crippen LogP contribution is 2.00. The van der Waals surface area contributed by atoms with Crippen molar-refractivity contribution in [2.24, 2.45) is 0 Å². The smallest absolute Gasteiger partial charge is 0.193 e. The lowest BCUT2D eigenvalue weighted by molar-refractivity contribution is 0.622. The number of unbranched alkanes of at least 4 members (excludes halogenated alkanes) is 4. The van der Waals surface area contributed by atoms with Crippen LogP contribution in [0.5, 0.6) is 0 Å². The molecule has 0 bridgehead atoms. The van der Waals surface area contributed by atoms with E-state index in [-0.39, 0.29) is 5.96 Å². The second-order valence-electron chi connectivity index (χ2n) is 3.47. The molecule has 0 heterocycles. The summed E-state index contributed by atoms with van der Waals surface area (Å²) in [4.78, 5) is 0. The summed E-state index contributed by atoms with van der Waals surface area (Å²) < 4.78 is 0. The first-order valence-electron chi connectivity index (χ1n) is 5.31. The van der Waals surface area contributed by atoms with Crippen LogP contribution < -0.4 is 10.6 Å². The van der Waals surface area contributed by atoms with Crippen LogP contribution in [0.2, 0.25) is 0 Å². The lowest BCUT2D eigenvalue weighted by Gasteiger charge is -2.08. The first-order chi connectivity index (χ1) is 6.66. The first-order valence-corrected chi connectivity index (χ1v) is 5.31. The third-order valence-electron chi connectivity index (χ3n) is 1.89. The fourth-order valence-corrected chi connectivity index (χ4v) is 1.17. The summed E-state index contributed by atoms with van der Waals surface area (Å²) in [5, 5.41) is 20.0. The van der Waals surface area contributed by atoms with Gasteiger partial charge in [-0.3, -0.25) is 10.8 Å². The molecule has 14 heavy (non-hydrogen) atoms. The highest BCUT2D eigenvalue weighted by atomic mass is 15.1. The van der Waals surface area contributed by atoms with E-state index >= 15 is 0 Å². The zero-order valence-corrected chi connectivity index (χ0v) is 9.24. The maximum Gasteiger partial charge on any atom is 0.193 e. The van der Waals surface area contributed by atoms with Crippen LogP contribution in [0.25, 0.3) is 0 Å². The topological polar surface area (TPSA) is 71.8 Å². The second kappa shape index (κ2) is 8.53. The maximum absolute atomic E-state index is 7.37. The third kappa shape index (κ3) is 9.03. The Hall–Kier alpha value is -1.06. The van der Waals surface area contributed by atoms with E-state index in [1.165, 1.54) is 25.7 Å². The molecule has 0 saturated heterocycles. The van der Waals surface area contributed by atoms with E-state index in [1.807, 2.05) is 0 Å². The Morgan fingerprint density at radius 1 is 1.07 bits per heavy atom. The Kier molecular flexibility index (Phi) is 7.89. The van der Waals surface area contributed by atoms with E-state index in [0.717, 1.165) is 13.0 Å². The molecule has 82 valence electrons. The zero-order chi connectivity index (χ0) is 10.8. The van der Waals surface area contributed by atoms with Crippen molar-refractivity contribution >= 4 is 11.8 Å². The SMILES string of the molecule is CCCCCCCNC(=N)NC(C)=N. The van der Waals surface area contributed by atoms with Crippen molar-refractivity contribution in [3.05, 3.63) is 0 Å². The molecule has 0 aliphatic heterocycles. The largest absolute Gasteiger partial charge is 0.356 e. The quantitative estimate of drug-likeness (QED) is 0.300. The Bertz CT molecular complexity index is 177. The van der Waals surface area contributed by atoms with Crippen molar-refractivity contribution < 1.29 is 0 Å². The first kappa shape index (κ1) is 12.9. The van der Waals surface area contributed by atoms with Gasteiger partial charge in [-0.15, -0.1) is 0 Å². The maximum atomic E-state index is 7.37. The van der Waals surface area contributed by atoms with Crippen molar-refractivity contribution in [2.45, 2.75) is 46.0 Å². The van der Waals surface area contributed by atoms with Gasteiger partial charge in [0.2, 0.25) is 0 Å². The van der Waals surface area contributed by atoms with E-state index in [9.17, 15) is 0 Å². The molecule has 0 aromatic rings. The van der Waals surface area contributed by atoms with Gasteiger partial charge in [-0.05, 0) is 13.3 Å². The fraction of sp³-hybridized carbons (Fsp3) is 0.800. The molecule has 4 nitrogen and oxygen atoms in total. The van der Waals surface area contributed by atoms with Crippen LogP contribution in [0.3, 0.4) is 0 Å². The van der Waals surface area contributed by atoms with E-state index in [1.54, 1.807) is 6.92 Å². The lowest BCUT2D eigenvalue weighted by atomic mass is 10.1. The Labute approximate surface area is 86.5 Å². The van der Waals surface area contributed by atoms with Crippen molar-refractivity contribution in [3.8, 4) is 0 Å². The minimum Gasteiger partial charge on any atom is -0.356 e. The minimum absolute atomic E-state index is 0.230. The predicted molar refractivity (Wildman–Crippen MR) is 61.0 cm³/mol. The van der Waals surface area contributed by atoms with Crippen LogP contribution in [0, 0.1) is 10.8 Å². The highest BCUT2D eigenvalue weighted by Gasteiger charge is 1.94. The zero-order valence-electron chi connectivity index (χ0n) is 9.24. The normalized spacial score (nSPS) is 9.57. The molecular formula is C10H22N4. The summed E-state index contributed by atoms with van der Waals surface area (Å²) in [6, 6.07) is 0. The molecule has 4 N–H and O–H groups in total. The van der Waals surface area contributed by atoms with Crippen molar-refractivity contribution in [3.63, 3.8) is 0 Å². The highest BCUT2D eigenvalue weighted by molar-refractivity contribution is 5.95. The third-order valence-corrected chi connectivity index (χ3v) is 1.89. The average Bonchev–Trinajstić information content (AvgIpc) is 2.10. The molecule has 0 radical (unpaired) electrons. The van der Waals surface area contributed by atoms with Crippen LogP contribution >= 0.6 is 0 Å². The molecule has 4 heteroatoms. The monoisotopic (exact) mass is 198 g/mol. The van der Waals surface area contributed by atoms with Crippen LogP contribution in [0.15, 0.2) is 0 Å². The number of guanidine groups is 1. The summed E-state index contributed by atoms with van der Waals surface area (Å²) in [5.41, 5.74) is 0. The van der Waals surface area contributed by atoms with Gasteiger partial charge in [0.15, 0.2) is 5.96 Å². The number of hydrogen-bond donors (Lipinski definition) is 4. The number of amidine groups is 1. The van der Waals surface area contributed by atoms with Gasteiger partial charge in [0.25, 0.3) is 0 Å². The molecule has 0 unspecified atom stereocenters. The second-order valence-corrected chi connectivity index (χ2v) is 3.47. The van der Waals surface area contributed by atoms with E-state index in [2.05, 4.69) is 17.6 Å². The molecular weight excluding hydrogens is 176 g/mol. The summed E-state index contributed by atoms with van der Waals surface area (Å²) >= 11 is 0. The number of hydrogen-bond acceptors (Lipinski definition) is 2. The molecule has 0 saturated carbocycles. The van der Waals surface area contributed by atoms with Crippen LogP contribution in [-0.4, -0.2) is 18.3 Å². The molecule has 0 spiro atoms. The van der Waals surface area contributed by atoms with Gasteiger partial charge in [-0.1, -0.05) is 32.6 Å². The molecule has 0 aliphatic rings. The van der Waals surface area contributed by atoms with E-state index in [0.29, 0.717) is 5.84 Å². The van der Waals surface area contributed by atoms with Crippen LogP contribution in [0.4, 0.5) is 0 Å². The predicted octanol–water partition coefficient (Wildman–Crippen LogP) is 2.07. The van der Waals surface area contributed by atoms with Gasteiger partial charge in [0, 0.05) is 6.54 Å². The Morgan fingerprint density at radius 2 is 1.71 bits per heavy atom. The Morgan fingerprint density at radius 3 is 2.29 bits per heavy atom. The van der Waals surface area contributed by atoms with Crippen LogP contribution in [-0.2, 0) is 0 Å². The van der Waals surface area contributed by atoms with Gasteiger partial charge in [0.05, 0.1) is 5.84 Å². The average molecular weight is 198 g/mol.